The molecule has 0 aliphatic heterocycles. The largest absolute Gasteiger partial charge is 0.508 e. The summed E-state index contributed by atoms with van der Waals surface area (Å²) >= 11 is 0. The molecule has 4 aliphatic rings. The number of unbranched alkanes of at least 4 members (excludes halogenated alkanes) is 1. The molecule has 6 atom stereocenters. The van der Waals surface area contributed by atoms with Gasteiger partial charge in [-0.05, 0) is 79.4 Å². The lowest BCUT2D eigenvalue weighted by molar-refractivity contribution is -0.0750. The van der Waals surface area contributed by atoms with Gasteiger partial charge in [-0.2, -0.15) is 0 Å². The predicted octanol–water partition coefficient (Wildman–Crippen LogP) is 5.57. The van der Waals surface area contributed by atoms with Crippen molar-refractivity contribution in [3.8, 4) is 0 Å². The van der Waals surface area contributed by atoms with Crippen molar-refractivity contribution < 1.29 is 9.84 Å². The molecule has 0 spiro atoms. The van der Waals surface area contributed by atoms with Gasteiger partial charge in [0.25, 0.3) is 0 Å². The molecule has 0 radical (unpaired) electrons. The molecule has 0 aromatic heterocycles. The zero-order valence-electron chi connectivity index (χ0n) is 15.2. The standard InChI is InChI=1S/C22H32O2/c1-3-4-13-24-21-10-9-20-19-7-5-15-14-16(23)6-8-17(15)18(19)11-12-22(20,21)2/h5-6,8,14,17-21,23H,3-4,7,9-13H2,1-2H3/t17-,18+,19+,20-,21-,22-/m0/s1. The van der Waals surface area contributed by atoms with E-state index in [2.05, 4.69) is 26.0 Å². The summed E-state index contributed by atoms with van der Waals surface area (Å²) in [5.74, 6) is 3.33. The molecule has 4 aliphatic carbocycles. The van der Waals surface area contributed by atoms with E-state index in [9.17, 15) is 5.11 Å². The van der Waals surface area contributed by atoms with Gasteiger partial charge in [-0.15, -0.1) is 0 Å². The fraction of sp³-hybridized carbons (Fsp3) is 0.727. The van der Waals surface area contributed by atoms with Crippen LogP contribution in [-0.4, -0.2) is 17.8 Å². The zero-order chi connectivity index (χ0) is 16.7. The molecule has 0 unspecified atom stereocenters. The van der Waals surface area contributed by atoms with Gasteiger partial charge in [0.15, 0.2) is 0 Å². The van der Waals surface area contributed by atoms with Gasteiger partial charge in [-0.3, -0.25) is 0 Å². The Kier molecular flexibility index (Phi) is 4.36. The van der Waals surface area contributed by atoms with Crippen molar-refractivity contribution in [1.29, 1.82) is 0 Å². The Balaban J connectivity index is 1.52. The molecule has 0 amide bonds. The van der Waals surface area contributed by atoms with Gasteiger partial charge in [0.1, 0.15) is 5.76 Å². The number of rotatable bonds is 4. The molecule has 0 heterocycles. The first-order valence-corrected chi connectivity index (χ1v) is 10.0. The third-order valence-corrected chi connectivity index (χ3v) is 7.48. The monoisotopic (exact) mass is 328 g/mol. The Morgan fingerprint density at radius 2 is 2.12 bits per heavy atom. The summed E-state index contributed by atoms with van der Waals surface area (Å²) in [6.07, 6.45) is 17.9. The molecule has 24 heavy (non-hydrogen) atoms. The highest BCUT2D eigenvalue weighted by atomic mass is 16.5. The van der Waals surface area contributed by atoms with Crippen molar-refractivity contribution in [2.45, 2.75) is 64.9 Å². The van der Waals surface area contributed by atoms with Crippen molar-refractivity contribution in [3.05, 3.63) is 35.6 Å². The second-order valence-electron chi connectivity index (χ2n) is 8.66. The van der Waals surface area contributed by atoms with Crippen LogP contribution in [0.5, 0.6) is 0 Å². The van der Waals surface area contributed by atoms with E-state index in [0.717, 1.165) is 24.4 Å². The van der Waals surface area contributed by atoms with Crippen LogP contribution in [0.15, 0.2) is 35.6 Å². The van der Waals surface area contributed by atoms with Crippen molar-refractivity contribution in [3.63, 3.8) is 0 Å². The molecule has 0 aromatic rings. The lowest BCUT2D eigenvalue weighted by atomic mass is 9.54. The quantitative estimate of drug-likeness (QED) is 0.683. The first kappa shape index (κ1) is 16.4. The Bertz CT molecular complexity index is 573. The molecule has 0 aromatic carbocycles. The van der Waals surface area contributed by atoms with Crippen LogP contribution in [0.3, 0.4) is 0 Å². The van der Waals surface area contributed by atoms with Gasteiger partial charge in [0.2, 0.25) is 0 Å². The molecule has 0 bridgehead atoms. The molecule has 132 valence electrons. The lowest BCUT2D eigenvalue weighted by Gasteiger charge is -2.52. The predicted molar refractivity (Wildman–Crippen MR) is 97.7 cm³/mol. The molecular weight excluding hydrogens is 296 g/mol. The highest BCUT2D eigenvalue weighted by Gasteiger charge is 2.55. The summed E-state index contributed by atoms with van der Waals surface area (Å²) in [5.41, 5.74) is 1.74. The third kappa shape index (κ3) is 2.58. The van der Waals surface area contributed by atoms with E-state index >= 15 is 0 Å². The smallest absolute Gasteiger partial charge is 0.115 e. The number of fused-ring (bicyclic) bond motifs is 5. The van der Waals surface area contributed by atoms with Gasteiger partial charge < -0.3 is 9.84 Å². The van der Waals surface area contributed by atoms with E-state index in [4.69, 9.17) is 4.74 Å². The van der Waals surface area contributed by atoms with Crippen molar-refractivity contribution >= 4 is 0 Å². The molecule has 2 saturated carbocycles. The average Bonchev–Trinajstić information content (AvgIpc) is 2.91. The lowest BCUT2D eigenvalue weighted by Crippen LogP contribution is -2.47. The van der Waals surface area contributed by atoms with Crippen molar-refractivity contribution in [2.24, 2.45) is 29.1 Å². The maximum Gasteiger partial charge on any atom is 0.115 e. The molecule has 0 saturated heterocycles. The Labute approximate surface area is 146 Å². The number of ether oxygens (including phenoxy) is 1. The van der Waals surface area contributed by atoms with Gasteiger partial charge >= 0.3 is 0 Å². The number of hydrogen-bond acceptors (Lipinski definition) is 2. The molecular formula is C22H32O2. The summed E-state index contributed by atoms with van der Waals surface area (Å²) < 4.78 is 6.34. The van der Waals surface area contributed by atoms with E-state index in [-0.39, 0.29) is 0 Å². The van der Waals surface area contributed by atoms with Gasteiger partial charge in [-0.1, -0.05) is 32.4 Å². The summed E-state index contributed by atoms with van der Waals surface area (Å²) in [6, 6.07) is 0. The summed E-state index contributed by atoms with van der Waals surface area (Å²) in [7, 11) is 0. The first-order chi connectivity index (χ1) is 11.6. The second-order valence-corrected chi connectivity index (χ2v) is 8.66. The van der Waals surface area contributed by atoms with Crippen LogP contribution >= 0.6 is 0 Å². The summed E-state index contributed by atoms with van der Waals surface area (Å²) in [6.45, 7) is 5.69. The number of allylic oxidation sites excluding steroid dienone is 5. The van der Waals surface area contributed by atoms with Crippen LogP contribution in [0, 0.1) is 29.1 Å². The second kappa shape index (κ2) is 6.37. The van der Waals surface area contributed by atoms with Crippen molar-refractivity contribution in [2.75, 3.05) is 6.61 Å². The van der Waals surface area contributed by atoms with Crippen LogP contribution < -0.4 is 0 Å². The Morgan fingerprint density at radius 1 is 1.25 bits per heavy atom. The van der Waals surface area contributed by atoms with Crippen LogP contribution in [0.25, 0.3) is 0 Å². The highest BCUT2D eigenvalue weighted by Crippen LogP contribution is 2.61. The van der Waals surface area contributed by atoms with Gasteiger partial charge in [0, 0.05) is 12.5 Å². The zero-order valence-corrected chi connectivity index (χ0v) is 15.2. The minimum Gasteiger partial charge on any atom is -0.508 e. The number of hydrogen-bond donors (Lipinski definition) is 1. The topological polar surface area (TPSA) is 29.5 Å². The van der Waals surface area contributed by atoms with Crippen LogP contribution in [0.4, 0.5) is 0 Å². The fourth-order valence-corrected chi connectivity index (χ4v) is 6.18. The van der Waals surface area contributed by atoms with E-state index in [1.807, 2.05) is 12.2 Å². The average molecular weight is 328 g/mol. The fourth-order valence-electron chi connectivity index (χ4n) is 6.18. The summed E-state index contributed by atoms with van der Waals surface area (Å²) in [5, 5.41) is 9.79. The number of aliphatic hydroxyl groups excluding tert-OH is 1. The van der Waals surface area contributed by atoms with E-state index in [0.29, 0.717) is 23.2 Å². The third-order valence-electron chi connectivity index (χ3n) is 7.48. The first-order valence-electron chi connectivity index (χ1n) is 10.0. The van der Waals surface area contributed by atoms with Crippen LogP contribution in [0.2, 0.25) is 0 Å². The maximum atomic E-state index is 9.79. The minimum atomic E-state index is 0.386. The van der Waals surface area contributed by atoms with Crippen molar-refractivity contribution in [1.82, 2.24) is 0 Å². The Morgan fingerprint density at radius 3 is 2.96 bits per heavy atom. The SMILES string of the molecule is CCCCO[C@H]1CC[C@H]2[C@@H]3CC=C4C=C(O)C=C[C@@H]4[C@H]3CC[C@]12C. The molecule has 1 N–H and O–H groups in total. The molecule has 2 nitrogen and oxygen atoms in total. The normalized spacial score (nSPS) is 43.5. The van der Waals surface area contributed by atoms with Gasteiger partial charge in [0.05, 0.1) is 6.10 Å². The minimum absolute atomic E-state index is 0.386. The van der Waals surface area contributed by atoms with E-state index in [1.54, 1.807) is 0 Å². The summed E-state index contributed by atoms with van der Waals surface area (Å²) in [4.78, 5) is 0. The van der Waals surface area contributed by atoms with E-state index in [1.165, 1.54) is 50.5 Å². The highest BCUT2D eigenvalue weighted by molar-refractivity contribution is 5.38. The van der Waals surface area contributed by atoms with Gasteiger partial charge in [-0.25, -0.2) is 0 Å². The Hall–Kier alpha value is -1.02. The number of aliphatic hydroxyl groups is 1. The maximum absolute atomic E-state index is 9.79. The molecule has 4 rings (SSSR count). The van der Waals surface area contributed by atoms with Crippen LogP contribution in [0.1, 0.15) is 58.8 Å². The van der Waals surface area contributed by atoms with E-state index < -0.39 is 0 Å². The van der Waals surface area contributed by atoms with Crippen LogP contribution in [-0.2, 0) is 4.74 Å². The molecule has 2 fully saturated rings. The molecule has 2 heteroatoms.